The molecule has 0 amide bonds. The smallest absolute Gasteiger partial charge is 0.151 e. The molecule has 0 aromatic rings. The van der Waals surface area contributed by atoms with Crippen molar-refractivity contribution in [1.82, 2.24) is 10.2 Å². The third-order valence-corrected chi connectivity index (χ3v) is 6.01. The highest BCUT2D eigenvalue weighted by Crippen LogP contribution is 2.21. The monoisotopic (exact) mass is 288 g/mol. The SMILES string of the molecule is CCCS(=O)(=O)CCN1CCCCC1CNC1CC1. The molecule has 5 heteroatoms. The number of hydrogen-bond acceptors (Lipinski definition) is 4. The second-order valence-corrected chi connectivity index (χ2v) is 8.32. The van der Waals surface area contributed by atoms with Gasteiger partial charge in [0.05, 0.1) is 5.75 Å². The zero-order valence-electron chi connectivity index (χ0n) is 12.1. The van der Waals surface area contributed by atoms with E-state index >= 15 is 0 Å². The minimum absolute atomic E-state index is 0.334. The van der Waals surface area contributed by atoms with E-state index in [9.17, 15) is 8.42 Å². The largest absolute Gasteiger partial charge is 0.312 e. The van der Waals surface area contributed by atoms with Gasteiger partial charge in [-0.1, -0.05) is 13.3 Å². The Morgan fingerprint density at radius 2 is 1.95 bits per heavy atom. The van der Waals surface area contributed by atoms with Crippen LogP contribution in [0.2, 0.25) is 0 Å². The van der Waals surface area contributed by atoms with E-state index in [0.717, 1.165) is 32.1 Å². The molecular weight excluding hydrogens is 260 g/mol. The molecule has 1 N–H and O–H groups in total. The molecule has 1 atom stereocenters. The molecule has 112 valence electrons. The highest BCUT2D eigenvalue weighted by atomic mass is 32.2. The number of hydrogen-bond donors (Lipinski definition) is 1. The predicted octanol–water partition coefficient (Wildman–Crippen LogP) is 1.42. The molecule has 0 spiro atoms. The number of sulfone groups is 1. The van der Waals surface area contributed by atoms with E-state index in [1.165, 1.54) is 32.1 Å². The second kappa shape index (κ2) is 7.04. The van der Waals surface area contributed by atoms with Crippen LogP contribution in [0.4, 0.5) is 0 Å². The lowest BCUT2D eigenvalue weighted by molar-refractivity contribution is 0.154. The Balaban J connectivity index is 1.77. The van der Waals surface area contributed by atoms with Crippen molar-refractivity contribution in [2.24, 2.45) is 0 Å². The summed E-state index contributed by atoms with van der Waals surface area (Å²) in [5.74, 6) is 0.673. The van der Waals surface area contributed by atoms with E-state index in [-0.39, 0.29) is 0 Å². The van der Waals surface area contributed by atoms with Gasteiger partial charge in [-0.2, -0.15) is 0 Å². The Labute approximate surface area is 117 Å². The molecule has 4 nitrogen and oxygen atoms in total. The molecule has 1 aliphatic heterocycles. The maximum Gasteiger partial charge on any atom is 0.151 e. The molecule has 2 rings (SSSR count). The molecule has 1 heterocycles. The van der Waals surface area contributed by atoms with Gasteiger partial charge in [-0.15, -0.1) is 0 Å². The fourth-order valence-electron chi connectivity index (χ4n) is 2.85. The lowest BCUT2D eigenvalue weighted by Crippen LogP contribution is -2.47. The molecule has 0 bridgehead atoms. The van der Waals surface area contributed by atoms with Crippen LogP contribution in [0.3, 0.4) is 0 Å². The lowest BCUT2D eigenvalue weighted by Gasteiger charge is -2.35. The van der Waals surface area contributed by atoms with E-state index in [2.05, 4.69) is 10.2 Å². The van der Waals surface area contributed by atoms with Crippen LogP contribution in [0, 0.1) is 0 Å². The molecular formula is C14H28N2O2S. The standard InChI is InChI=1S/C14H28N2O2S/c1-2-10-19(17,18)11-9-16-8-4-3-5-14(16)12-15-13-6-7-13/h13-15H,2-12H2,1H3. The average molecular weight is 288 g/mol. The Hall–Kier alpha value is -0.130. The van der Waals surface area contributed by atoms with Gasteiger partial charge in [0.2, 0.25) is 0 Å². The first kappa shape index (κ1) is 15.3. The van der Waals surface area contributed by atoms with E-state index in [1.54, 1.807) is 0 Å². The topological polar surface area (TPSA) is 49.4 Å². The Morgan fingerprint density at radius 1 is 1.16 bits per heavy atom. The van der Waals surface area contributed by atoms with Crippen LogP contribution in [0.25, 0.3) is 0 Å². The summed E-state index contributed by atoms with van der Waals surface area (Å²) in [5.41, 5.74) is 0. The maximum absolute atomic E-state index is 11.8. The van der Waals surface area contributed by atoms with Gasteiger partial charge in [0.1, 0.15) is 0 Å². The Morgan fingerprint density at radius 3 is 2.63 bits per heavy atom. The summed E-state index contributed by atoms with van der Waals surface area (Å²) in [6, 6.07) is 1.29. The highest BCUT2D eigenvalue weighted by molar-refractivity contribution is 7.91. The van der Waals surface area contributed by atoms with Gasteiger partial charge < -0.3 is 5.32 Å². The van der Waals surface area contributed by atoms with Gasteiger partial charge in [-0.25, -0.2) is 8.42 Å². The quantitative estimate of drug-likeness (QED) is 0.734. The van der Waals surface area contributed by atoms with Crippen LogP contribution in [0.1, 0.15) is 45.4 Å². The van der Waals surface area contributed by atoms with E-state index < -0.39 is 9.84 Å². The molecule has 0 aromatic heterocycles. The molecule has 1 unspecified atom stereocenters. The molecule has 1 saturated heterocycles. The molecule has 1 aliphatic carbocycles. The van der Waals surface area contributed by atoms with Crippen molar-refractivity contribution < 1.29 is 8.42 Å². The number of nitrogens with zero attached hydrogens (tertiary/aromatic N) is 1. The maximum atomic E-state index is 11.8. The molecule has 0 aromatic carbocycles. The number of rotatable bonds is 8. The van der Waals surface area contributed by atoms with Gasteiger partial charge in [0, 0.05) is 30.9 Å². The normalized spacial score (nSPS) is 25.6. The van der Waals surface area contributed by atoms with Crippen LogP contribution in [0.15, 0.2) is 0 Å². The molecule has 19 heavy (non-hydrogen) atoms. The van der Waals surface area contributed by atoms with Crippen molar-refractivity contribution in [1.29, 1.82) is 0 Å². The fourth-order valence-corrected chi connectivity index (χ4v) is 4.18. The molecule has 2 fully saturated rings. The van der Waals surface area contributed by atoms with Crippen molar-refractivity contribution in [2.45, 2.75) is 57.5 Å². The first-order valence-corrected chi connectivity index (χ1v) is 9.61. The minimum atomic E-state index is -2.84. The van der Waals surface area contributed by atoms with E-state index in [1.807, 2.05) is 6.92 Å². The van der Waals surface area contributed by atoms with Crippen LogP contribution in [-0.2, 0) is 9.84 Å². The molecule has 0 radical (unpaired) electrons. The third-order valence-electron chi connectivity index (χ3n) is 4.17. The van der Waals surface area contributed by atoms with Crippen molar-refractivity contribution in [2.75, 3.05) is 31.1 Å². The van der Waals surface area contributed by atoms with Gasteiger partial charge in [0.15, 0.2) is 9.84 Å². The molecule has 2 aliphatic rings. The molecule has 1 saturated carbocycles. The third kappa shape index (κ3) is 5.40. The summed E-state index contributed by atoms with van der Waals surface area (Å²) in [4.78, 5) is 2.39. The fraction of sp³-hybridized carbons (Fsp3) is 1.00. The zero-order chi connectivity index (χ0) is 13.7. The minimum Gasteiger partial charge on any atom is -0.312 e. The van der Waals surface area contributed by atoms with Crippen molar-refractivity contribution >= 4 is 9.84 Å². The van der Waals surface area contributed by atoms with Crippen molar-refractivity contribution in [3.8, 4) is 0 Å². The van der Waals surface area contributed by atoms with Gasteiger partial charge >= 0.3 is 0 Å². The highest BCUT2D eigenvalue weighted by Gasteiger charge is 2.27. The predicted molar refractivity (Wildman–Crippen MR) is 79.2 cm³/mol. The average Bonchev–Trinajstić information content (AvgIpc) is 3.19. The number of likely N-dealkylation sites (tertiary alicyclic amines) is 1. The summed E-state index contributed by atoms with van der Waals surface area (Å²) < 4.78 is 23.6. The first-order chi connectivity index (χ1) is 9.11. The Bertz CT molecular complexity index is 366. The summed E-state index contributed by atoms with van der Waals surface area (Å²) in [7, 11) is -2.84. The first-order valence-electron chi connectivity index (χ1n) is 7.78. The number of nitrogens with one attached hydrogen (secondary N) is 1. The summed E-state index contributed by atoms with van der Waals surface area (Å²) in [5, 5.41) is 3.59. The van der Waals surface area contributed by atoms with E-state index in [0.29, 0.717) is 17.5 Å². The van der Waals surface area contributed by atoms with E-state index in [4.69, 9.17) is 0 Å². The van der Waals surface area contributed by atoms with Crippen LogP contribution in [-0.4, -0.2) is 56.5 Å². The van der Waals surface area contributed by atoms with Crippen LogP contribution < -0.4 is 5.32 Å². The van der Waals surface area contributed by atoms with Crippen LogP contribution in [0.5, 0.6) is 0 Å². The van der Waals surface area contributed by atoms with Crippen molar-refractivity contribution in [3.05, 3.63) is 0 Å². The second-order valence-electron chi connectivity index (χ2n) is 6.02. The van der Waals surface area contributed by atoms with Crippen molar-refractivity contribution in [3.63, 3.8) is 0 Å². The number of piperidine rings is 1. The van der Waals surface area contributed by atoms with Gasteiger partial charge in [-0.3, -0.25) is 4.90 Å². The summed E-state index contributed by atoms with van der Waals surface area (Å²) in [6.07, 6.45) is 7.08. The Kier molecular flexibility index (Phi) is 5.66. The summed E-state index contributed by atoms with van der Waals surface area (Å²) >= 11 is 0. The zero-order valence-corrected chi connectivity index (χ0v) is 12.9. The lowest BCUT2D eigenvalue weighted by atomic mass is 10.0. The summed E-state index contributed by atoms with van der Waals surface area (Å²) in [6.45, 7) is 4.76. The van der Waals surface area contributed by atoms with Crippen LogP contribution >= 0.6 is 0 Å². The van der Waals surface area contributed by atoms with Gasteiger partial charge in [-0.05, 0) is 38.6 Å². The van der Waals surface area contributed by atoms with Gasteiger partial charge in [0.25, 0.3) is 0 Å².